The minimum atomic E-state index is 0.644. The second-order valence-electron chi connectivity index (χ2n) is 6.91. The van der Waals surface area contributed by atoms with E-state index in [9.17, 15) is 0 Å². The fourth-order valence-corrected chi connectivity index (χ4v) is 4.05. The van der Waals surface area contributed by atoms with Gasteiger partial charge in [0, 0.05) is 4.47 Å². The summed E-state index contributed by atoms with van der Waals surface area (Å²) in [6.45, 7) is 6.95. The third kappa shape index (κ3) is 2.90. The molecule has 1 fully saturated rings. The standard InChI is InChI=1S/C17H24BrN/c1-12(2)10-19-11-15-9-17(15)6-5-13-7-16(18)4-3-14(13)8-17/h3-4,7,12,15,19H,5-6,8-11H2,1-2H3. The molecule has 19 heavy (non-hydrogen) atoms. The summed E-state index contributed by atoms with van der Waals surface area (Å²) >= 11 is 3.58. The molecule has 1 saturated carbocycles. The molecule has 2 heteroatoms. The van der Waals surface area contributed by atoms with Gasteiger partial charge in [-0.15, -0.1) is 0 Å². The van der Waals surface area contributed by atoms with Crippen LogP contribution in [0, 0.1) is 17.3 Å². The predicted octanol–water partition coefficient (Wildman–Crippen LogP) is 4.19. The third-order valence-electron chi connectivity index (χ3n) is 4.91. The topological polar surface area (TPSA) is 12.0 Å². The Morgan fingerprint density at radius 1 is 1.37 bits per heavy atom. The van der Waals surface area contributed by atoms with Gasteiger partial charge in [0.2, 0.25) is 0 Å². The second kappa shape index (κ2) is 5.21. The Hall–Kier alpha value is -0.340. The van der Waals surface area contributed by atoms with Crippen LogP contribution in [0.15, 0.2) is 22.7 Å². The molecular formula is C17H24BrN. The summed E-state index contributed by atoms with van der Waals surface area (Å²) in [5.74, 6) is 1.68. The van der Waals surface area contributed by atoms with Crippen molar-refractivity contribution in [1.82, 2.24) is 5.32 Å². The number of nitrogens with one attached hydrogen (secondary N) is 1. The summed E-state index contributed by atoms with van der Waals surface area (Å²) in [6, 6.07) is 6.85. The van der Waals surface area contributed by atoms with E-state index in [0.717, 1.165) is 18.4 Å². The van der Waals surface area contributed by atoms with Crippen LogP contribution in [0.4, 0.5) is 0 Å². The Labute approximate surface area is 125 Å². The van der Waals surface area contributed by atoms with Crippen molar-refractivity contribution >= 4 is 15.9 Å². The molecule has 1 aromatic carbocycles. The number of hydrogen-bond acceptors (Lipinski definition) is 1. The summed E-state index contributed by atoms with van der Waals surface area (Å²) < 4.78 is 1.23. The highest BCUT2D eigenvalue weighted by molar-refractivity contribution is 9.10. The molecule has 2 atom stereocenters. The smallest absolute Gasteiger partial charge is 0.0178 e. The lowest BCUT2D eigenvalue weighted by atomic mass is 9.80. The number of halogens is 1. The second-order valence-corrected chi connectivity index (χ2v) is 7.82. The van der Waals surface area contributed by atoms with Gasteiger partial charge in [0.15, 0.2) is 0 Å². The van der Waals surface area contributed by atoms with Crippen molar-refractivity contribution in [3.05, 3.63) is 33.8 Å². The van der Waals surface area contributed by atoms with Crippen LogP contribution in [0.3, 0.4) is 0 Å². The molecule has 2 aliphatic rings. The van der Waals surface area contributed by atoms with Crippen LogP contribution in [-0.4, -0.2) is 13.1 Å². The Balaban J connectivity index is 1.59. The molecule has 1 nitrogen and oxygen atoms in total. The minimum Gasteiger partial charge on any atom is -0.316 e. The number of fused-ring (bicyclic) bond motifs is 1. The lowest BCUT2D eigenvalue weighted by Gasteiger charge is -2.26. The van der Waals surface area contributed by atoms with E-state index in [0.29, 0.717) is 5.41 Å². The van der Waals surface area contributed by atoms with Gasteiger partial charge in [-0.25, -0.2) is 0 Å². The van der Waals surface area contributed by atoms with Gasteiger partial charge in [0.05, 0.1) is 0 Å². The van der Waals surface area contributed by atoms with Crippen LogP contribution >= 0.6 is 15.9 Å². The molecule has 0 bridgehead atoms. The van der Waals surface area contributed by atoms with Gasteiger partial charge in [-0.3, -0.25) is 0 Å². The molecule has 0 radical (unpaired) electrons. The summed E-state index contributed by atoms with van der Waals surface area (Å²) in [6.07, 6.45) is 5.41. The van der Waals surface area contributed by atoms with Crippen molar-refractivity contribution in [3.8, 4) is 0 Å². The highest BCUT2D eigenvalue weighted by Gasteiger charge is 2.54. The van der Waals surface area contributed by atoms with Crippen LogP contribution < -0.4 is 5.32 Å². The highest BCUT2D eigenvalue weighted by Crippen LogP contribution is 2.59. The maximum absolute atomic E-state index is 3.64. The van der Waals surface area contributed by atoms with Crippen molar-refractivity contribution in [2.75, 3.05) is 13.1 Å². The fraction of sp³-hybridized carbons (Fsp3) is 0.647. The van der Waals surface area contributed by atoms with Crippen LogP contribution in [0.25, 0.3) is 0 Å². The summed E-state index contributed by atoms with van der Waals surface area (Å²) in [7, 11) is 0. The van der Waals surface area contributed by atoms with E-state index in [4.69, 9.17) is 0 Å². The largest absolute Gasteiger partial charge is 0.316 e. The molecule has 0 heterocycles. The van der Waals surface area contributed by atoms with Gasteiger partial charge in [0.1, 0.15) is 0 Å². The lowest BCUT2D eigenvalue weighted by molar-refractivity contribution is 0.380. The molecule has 2 aliphatic carbocycles. The van der Waals surface area contributed by atoms with Crippen LogP contribution in [0.1, 0.15) is 37.8 Å². The van der Waals surface area contributed by atoms with Gasteiger partial charge in [-0.1, -0.05) is 35.8 Å². The molecule has 0 aromatic heterocycles. The zero-order valence-electron chi connectivity index (χ0n) is 12.0. The van der Waals surface area contributed by atoms with E-state index in [1.807, 2.05) is 0 Å². The monoisotopic (exact) mass is 321 g/mol. The maximum Gasteiger partial charge on any atom is 0.0178 e. The van der Waals surface area contributed by atoms with Crippen LogP contribution in [-0.2, 0) is 12.8 Å². The molecule has 104 valence electrons. The van der Waals surface area contributed by atoms with Gasteiger partial charge < -0.3 is 5.32 Å². The van der Waals surface area contributed by atoms with Crippen molar-refractivity contribution in [2.24, 2.45) is 17.3 Å². The van der Waals surface area contributed by atoms with Crippen LogP contribution in [0.5, 0.6) is 0 Å². The number of benzene rings is 1. The van der Waals surface area contributed by atoms with Crippen molar-refractivity contribution in [3.63, 3.8) is 0 Å². The number of aryl methyl sites for hydroxylation is 1. The van der Waals surface area contributed by atoms with Gasteiger partial charge in [-0.2, -0.15) is 0 Å². The molecule has 0 saturated heterocycles. The molecule has 0 amide bonds. The molecule has 2 unspecified atom stereocenters. The molecule has 0 aliphatic heterocycles. The quantitative estimate of drug-likeness (QED) is 0.876. The molecule has 3 rings (SSSR count). The first kappa shape index (κ1) is 13.6. The Morgan fingerprint density at radius 2 is 2.21 bits per heavy atom. The van der Waals surface area contributed by atoms with E-state index in [2.05, 4.69) is 53.3 Å². The molecular weight excluding hydrogens is 298 g/mol. The first-order chi connectivity index (χ1) is 9.09. The predicted molar refractivity (Wildman–Crippen MR) is 84.4 cm³/mol. The average molecular weight is 322 g/mol. The van der Waals surface area contributed by atoms with Crippen molar-refractivity contribution in [2.45, 2.75) is 39.5 Å². The van der Waals surface area contributed by atoms with Crippen molar-refractivity contribution < 1.29 is 0 Å². The summed E-state index contributed by atoms with van der Waals surface area (Å²) in [5.41, 5.74) is 3.81. The van der Waals surface area contributed by atoms with E-state index in [1.54, 1.807) is 11.1 Å². The fourth-order valence-electron chi connectivity index (χ4n) is 3.64. The Morgan fingerprint density at radius 3 is 3.00 bits per heavy atom. The first-order valence-corrected chi connectivity index (χ1v) is 8.36. The summed E-state index contributed by atoms with van der Waals surface area (Å²) in [4.78, 5) is 0. The molecule has 1 aromatic rings. The van der Waals surface area contributed by atoms with E-state index >= 15 is 0 Å². The molecule has 1 N–H and O–H groups in total. The van der Waals surface area contributed by atoms with E-state index in [1.165, 1.54) is 36.7 Å². The van der Waals surface area contributed by atoms with Crippen LogP contribution in [0.2, 0.25) is 0 Å². The maximum atomic E-state index is 3.64. The SMILES string of the molecule is CC(C)CNCC1CC12CCc1cc(Br)ccc1C2. The lowest BCUT2D eigenvalue weighted by Crippen LogP contribution is -2.26. The minimum absolute atomic E-state index is 0.644. The van der Waals surface area contributed by atoms with E-state index in [-0.39, 0.29) is 0 Å². The Kier molecular flexibility index (Phi) is 3.74. The number of rotatable bonds is 4. The number of hydrogen-bond donors (Lipinski definition) is 1. The van der Waals surface area contributed by atoms with Gasteiger partial charge in [-0.05, 0) is 79.3 Å². The van der Waals surface area contributed by atoms with Crippen molar-refractivity contribution in [1.29, 1.82) is 0 Å². The highest BCUT2D eigenvalue weighted by atomic mass is 79.9. The van der Waals surface area contributed by atoms with E-state index < -0.39 is 0 Å². The van der Waals surface area contributed by atoms with Gasteiger partial charge in [0.25, 0.3) is 0 Å². The third-order valence-corrected chi connectivity index (χ3v) is 5.40. The zero-order valence-corrected chi connectivity index (χ0v) is 13.6. The normalized spacial score (nSPS) is 28.7. The summed E-state index contributed by atoms with van der Waals surface area (Å²) in [5, 5.41) is 3.64. The first-order valence-electron chi connectivity index (χ1n) is 7.57. The zero-order chi connectivity index (χ0) is 13.5. The molecule has 1 spiro atoms. The Bertz CT molecular complexity index is 468. The van der Waals surface area contributed by atoms with Gasteiger partial charge >= 0.3 is 0 Å². The average Bonchev–Trinajstić information content (AvgIpc) is 3.02.